The van der Waals surface area contributed by atoms with Gasteiger partial charge in [0, 0.05) is 13.1 Å². The molecule has 0 radical (unpaired) electrons. The van der Waals surface area contributed by atoms with Crippen molar-refractivity contribution in [2.24, 2.45) is 0 Å². The predicted molar refractivity (Wildman–Crippen MR) is 58.9 cm³/mol. The van der Waals surface area contributed by atoms with E-state index in [1.54, 1.807) is 29.2 Å². The summed E-state index contributed by atoms with van der Waals surface area (Å²) in [6, 6.07) is 7.03. The van der Waals surface area contributed by atoms with Gasteiger partial charge in [-0.25, -0.2) is 0 Å². The number of para-hydroxylation sites is 2. The van der Waals surface area contributed by atoms with Crippen molar-refractivity contribution >= 4 is 11.6 Å². The fourth-order valence-electron chi connectivity index (χ4n) is 1.50. The van der Waals surface area contributed by atoms with E-state index in [4.69, 9.17) is 15.6 Å². The van der Waals surface area contributed by atoms with Gasteiger partial charge < -0.3 is 20.5 Å². The summed E-state index contributed by atoms with van der Waals surface area (Å²) in [7, 11) is 0. The number of anilines is 1. The van der Waals surface area contributed by atoms with Gasteiger partial charge in [-0.2, -0.15) is 0 Å². The van der Waals surface area contributed by atoms with Crippen molar-refractivity contribution in [2.45, 2.75) is 6.10 Å². The van der Waals surface area contributed by atoms with Crippen LogP contribution in [0.4, 0.5) is 5.69 Å². The van der Waals surface area contributed by atoms with Crippen molar-refractivity contribution in [2.75, 3.05) is 25.4 Å². The van der Waals surface area contributed by atoms with Crippen LogP contribution in [-0.4, -0.2) is 41.7 Å². The van der Waals surface area contributed by atoms with Gasteiger partial charge in [-0.3, -0.25) is 4.79 Å². The first-order chi connectivity index (χ1) is 7.66. The van der Waals surface area contributed by atoms with Gasteiger partial charge in [-0.15, -0.1) is 0 Å². The van der Waals surface area contributed by atoms with Gasteiger partial charge in [-0.1, -0.05) is 12.1 Å². The number of aliphatic hydroxyl groups is 1. The zero-order chi connectivity index (χ0) is 11.5. The van der Waals surface area contributed by atoms with Crippen molar-refractivity contribution in [3.8, 4) is 5.75 Å². The van der Waals surface area contributed by atoms with Gasteiger partial charge in [0.2, 0.25) is 0 Å². The first kappa shape index (κ1) is 10.8. The van der Waals surface area contributed by atoms with Gasteiger partial charge in [0.1, 0.15) is 5.75 Å². The summed E-state index contributed by atoms with van der Waals surface area (Å²) in [5.41, 5.74) is 6.17. The molecule has 0 atom stereocenters. The second kappa shape index (κ2) is 4.40. The molecule has 1 aliphatic rings. The molecule has 3 N–H and O–H groups in total. The number of rotatable bonds is 3. The zero-order valence-corrected chi connectivity index (χ0v) is 8.80. The molecule has 0 bridgehead atoms. The Morgan fingerprint density at radius 1 is 1.50 bits per heavy atom. The number of amides is 1. The highest BCUT2D eigenvalue weighted by Gasteiger charge is 2.28. The number of β-amino-alcohol motifs (C(OH)–C–C–N with tert-alkyl or cyclic N) is 1. The lowest BCUT2D eigenvalue weighted by Crippen LogP contribution is -2.54. The molecule has 1 aromatic carbocycles. The van der Waals surface area contributed by atoms with Gasteiger partial charge in [-0.05, 0) is 12.1 Å². The Bertz CT molecular complexity index is 389. The number of likely N-dealkylation sites (tertiary alicyclic amines) is 1. The molecule has 0 saturated carbocycles. The molecule has 0 aliphatic carbocycles. The Hall–Kier alpha value is -1.75. The number of nitrogens with zero attached hydrogens (tertiary/aromatic N) is 1. The Morgan fingerprint density at radius 2 is 2.19 bits per heavy atom. The molecule has 0 aromatic heterocycles. The Morgan fingerprint density at radius 3 is 2.81 bits per heavy atom. The van der Waals surface area contributed by atoms with Crippen LogP contribution in [0.5, 0.6) is 5.75 Å². The van der Waals surface area contributed by atoms with Crippen LogP contribution in [0, 0.1) is 0 Å². The first-order valence-corrected chi connectivity index (χ1v) is 5.10. The monoisotopic (exact) mass is 222 g/mol. The van der Waals surface area contributed by atoms with E-state index in [2.05, 4.69) is 0 Å². The minimum atomic E-state index is -0.384. The third-order valence-electron chi connectivity index (χ3n) is 2.49. The lowest BCUT2D eigenvalue weighted by molar-refractivity contribution is -0.143. The first-order valence-electron chi connectivity index (χ1n) is 5.10. The van der Waals surface area contributed by atoms with Crippen LogP contribution < -0.4 is 10.5 Å². The highest BCUT2D eigenvalue weighted by Crippen LogP contribution is 2.19. The topological polar surface area (TPSA) is 75.8 Å². The number of nitrogens with two attached hydrogens (primary N) is 1. The maximum absolute atomic E-state index is 11.5. The highest BCUT2D eigenvalue weighted by atomic mass is 16.5. The molecule has 5 nitrogen and oxygen atoms in total. The van der Waals surface area contributed by atoms with Gasteiger partial charge in [0.15, 0.2) is 6.61 Å². The second-order valence-corrected chi connectivity index (χ2v) is 3.78. The van der Waals surface area contributed by atoms with Crippen molar-refractivity contribution in [3.05, 3.63) is 24.3 Å². The van der Waals surface area contributed by atoms with Crippen LogP contribution >= 0.6 is 0 Å². The van der Waals surface area contributed by atoms with Gasteiger partial charge >= 0.3 is 0 Å². The van der Waals surface area contributed by atoms with E-state index >= 15 is 0 Å². The summed E-state index contributed by atoms with van der Waals surface area (Å²) in [4.78, 5) is 13.0. The lowest BCUT2D eigenvalue weighted by atomic mass is 10.2. The molecular weight excluding hydrogens is 208 g/mol. The van der Waals surface area contributed by atoms with Crippen LogP contribution in [0.3, 0.4) is 0 Å². The standard InChI is InChI=1S/C11H14N2O3/c12-9-3-1-2-4-10(9)16-7-11(15)13-5-8(14)6-13/h1-4,8,14H,5-7,12H2. The summed E-state index contributed by atoms with van der Waals surface area (Å²) in [5, 5.41) is 9.04. The Labute approximate surface area is 93.4 Å². The minimum Gasteiger partial charge on any atom is -0.482 e. The summed E-state index contributed by atoms with van der Waals surface area (Å²) < 4.78 is 5.29. The molecule has 0 spiro atoms. The number of aliphatic hydroxyl groups excluding tert-OH is 1. The molecule has 1 fully saturated rings. The molecule has 0 unspecified atom stereocenters. The number of carbonyl (C=O) groups is 1. The van der Waals surface area contributed by atoms with E-state index in [9.17, 15) is 4.79 Å². The van der Waals surface area contributed by atoms with Crippen LogP contribution in [0.2, 0.25) is 0 Å². The van der Waals surface area contributed by atoms with Gasteiger partial charge in [0.05, 0.1) is 11.8 Å². The van der Waals surface area contributed by atoms with E-state index in [-0.39, 0.29) is 18.6 Å². The quantitative estimate of drug-likeness (QED) is 0.697. The van der Waals surface area contributed by atoms with Gasteiger partial charge in [0.25, 0.3) is 5.91 Å². The largest absolute Gasteiger partial charge is 0.482 e. The fraction of sp³-hybridized carbons (Fsp3) is 0.364. The fourth-order valence-corrected chi connectivity index (χ4v) is 1.50. The number of ether oxygens (including phenoxy) is 1. The summed E-state index contributed by atoms with van der Waals surface area (Å²) in [6.45, 7) is 0.750. The molecule has 5 heteroatoms. The molecule has 1 aliphatic heterocycles. The minimum absolute atomic E-state index is 0.0407. The smallest absolute Gasteiger partial charge is 0.260 e. The van der Waals surface area contributed by atoms with Crippen LogP contribution in [0.1, 0.15) is 0 Å². The number of benzene rings is 1. The molecule has 1 heterocycles. The predicted octanol–water partition coefficient (Wildman–Crippen LogP) is -0.149. The van der Waals surface area contributed by atoms with E-state index in [0.29, 0.717) is 24.5 Å². The summed E-state index contributed by atoms with van der Waals surface area (Å²) in [6.07, 6.45) is -0.384. The van der Waals surface area contributed by atoms with Crippen molar-refractivity contribution in [1.82, 2.24) is 4.90 Å². The third-order valence-corrected chi connectivity index (χ3v) is 2.49. The van der Waals surface area contributed by atoms with Crippen LogP contribution in [0.25, 0.3) is 0 Å². The van der Waals surface area contributed by atoms with E-state index in [1.165, 1.54) is 0 Å². The van der Waals surface area contributed by atoms with Crippen molar-refractivity contribution in [1.29, 1.82) is 0 Å². The molecule has 86 valence electrons. The van der Waals surface area contributed by atoms with E-state index < -0.39 is 0 Å². The zero-order valence-electron chi connectivity index (χ0n) is 8.80. The molecule has 16 heavy (non-hydrogen) atoms. The third kappa shape index (κ3) is 2.25. The maximum Gasteiger partial charge on any atom is 0.260 e. The van der Waals surface area contributed by atoms with Crippen LogP contribution in [-0.2, 0) is 4.79 Å². The van der Waals surface area contributed by atoms with Crippen molar-refractivity contribution < 1.29 is 14.6 Å². The number of nitrogen functional groups attached to an aromatic ring is 1. The maximum atomic E-state index is 11.5. The Kier molecular flexibility index (Phi) is 2.96. The molecule has 1 saturated heterocycles. The molecule has 1 aromatic rings. The normalized spacial score (nSPS) is 15.7. The van der Waals surface area contributed by atoms with E-state index in [1.807, 2.05) is 0 Å². The summed E-state index contributed by atoms with van der Waals surface area (Å²) >= 11 is 0. The van der Waals surface area contributed by atoms with E-state index in [0.717, 1.165) is 0 Å². The number of hydrogen-bond acceptors (Lipinski definition) is 4. The average Bonchev–Trinajstić information content (AvgIpc) is 2.23. The average molecular weight is 222 g/mol. The van der Waals surface area contributed by atoms with Crippen LogP contribution in [0.15, 0.2) is 24.3 Å². The molecule has 1 amide bonds. The Balaban J connectivity index is 1.83. The second-order valence-electron chi connectivity index (χ2n) is 3.78. The van der Waals surface area contributed by atoms with Crippen molar-refractivity contribution in [3.63, 3.8) is 0 Å². The molecular formula is C11H14N2O3. The number of hydrogen-bond donors (Lipinski definition) is 2. The molecule has 2 rings (SSSR count). The summed E-state index contributed by atoms with van der Waals surface area (Å²) in [5.74, 6) is 0.380. The number of carbonyl (C=O) groups excluding carboxylic acids is 1. The highest BCUT2D eigenvalue weighted by molar-refractivity contribution is 5.78. The SMILES string of the molecule is Nc1ccccc1OCC(=O)N1CC(O)C1. The lowest BCUT2D eigenvalue weighted by Gasteiger charge is -2.35.